The molecule has 0 spiro atoms. The third kappa shape index (κ3) is 2.58. The highest BCUT2D eigenvalue weighted by atomic mass is 14.1. The molecule has 0 atom stereocenters. The van der Waals surface area contributed by atoms with Gasteiger partial charge in [0.05, 0.1) is 0 Å². The summed E-state index contributed by atoms with van der Waals surface area (Å²) in [5, 5.41) is 0. The van der Waals surface area contributed by atoms with E-state index in [2.05, 4.69) is 63.2 Å². The Kier molecular flexibility index (Phi) is 3.63. The van der Waals surface area contributed by atoms with Gasteiger partial charge in [0.25, 0.3) is 0 Å². The minimum Gasteiger partial charge on any atom is -0.0620 e. The highest BCUT2D eigenvalue weighted by Gasteiger charge is 2.05. The summed E-state index contributed by atoms with van der Waals surface area (Å²) >= 11 is 0. The Labute approximate surface area is 104 Å². The molecule has 0 unspecified atom stereocenters. The Morgan fingerprint density at radius 3 is 2.59 bits per heavy atom. The van der Waals surface area contributed by atoms with Gasteiger partial charge in [0.15, 0.2) is 0 Å². The fourth-order valence-electron chi connectivity index (χ4n) is 2.10. The van der Waals surface area contributed by atoms with E-state index in [0.717, 1.165) is 6.42 Å². The van der Waals surface area contributed by atoms with E-state index >= 15 is 0 Å². The van der Waals surface area contributed by atoms with Crippen molar-refractivity contribution in [2.75, 3.05) is 0 Å². The normalized spacial score (nSPS) is 10.8. The summed E-state index contributed by atoms with van der Waals surface area (Å²) in [7, 11) is 0. The monoisotopic (exact) mass is 223 g/mol. The lowest BCUT2D eigenvalue weighted by atomic mass is 9.94. The molecule has 0 N–H and O–H groups in total. The maximum Gasteiger partial charge on any atom is -0.0146 e. The van der Waals surface area contributed by atoms with E-state index in [4.69, 9.17) is 0 Å². The zero-order valence-corrected chi connectivity index (χ0v) is 10.8. The predicted octanol–water partition coefficient (Wildman–Crippen LogP) is 4.84. The Morgan fingerprint density at radius 1 is 1.12 bits per heavy atom. The van der Waals surface area contributed by atoms with E-state index < -0.39 is 0 Å². The molecule has 0 heterocycles. The van der Waals surface area contributed by atoms with Gasteiger partial charge >= 0.3 is 0 Å². The van der Waals surface area contributed by atoms with Crippen LogP contribution in [0.1, 0.15) is 37.8 Å². The van der Waals surface area contributed by atoms with Crippen LogP contribution < -0.4 is 0 Å². The topological polar surface area (TPSA) is 0 Å². The summed E-state index contributed by atoms with van der Waals surface area (Å²) in [6.45, 7) is 6.62. The maximum atomic E-state index is 3.32. The molecule has 17 heavy (non-hydrogen) atoms. The van der Waals surface area contributed by atoms with Gasteiger partial charge in [0.2, 0.25) is 0 Å². The van der Waals surface area contributed by atoms with Gasteiger partial charge in [0, 0.05) is 0 Å². The number of aryl methyl sites for hydroxylation is 1. The van der Waals surface area contributed by atoms with Crippen LogP contribution in [-0.4, -0.2) is 0 Å². The van der Waals surface area contributed by atoms with Crippen LogP contribution in [0.5, 0.6) is 0 Å². The van der Waals surface area contributed by atoms with E-state index in [-0.39, 0.29) is 0 Å². The first kappa shape index (κ1) is 11.9. The zero-order chi connectivity index (χ0) is 12.3. The zero-order valence-electron chi connectivity index (χ0n) is 10.8. The van der Waals surface area contributed by atoms with Gasteiger partial charge in [-0.25, -0.2) is 0 Å². The minimum atomic E-state index is 0.531. The SMILES string of the molecule is CCc1ccccc1-c1cc[c]c(C(C)C)c1. The second-order valence-corrected chi connectivity index (χ2v) is 4.70. The van der Waals surface area contributed by atoms with Crippen LogP contribution in [-0.2, 0) is 6.42 Å². The molecule has 0 aromatic heterocycles. The molecule has 0 amide bonds. The first-order valence-electron chi connectivity index (χ1n) is 6.32. The smallest absolute Gasteiger partial charge is 0.0146 e. The van der Waals surface area contributed by atoms with Crippen molar-refractivity contribution in [3.8, 4) is 11.1 Å². The van der Waals surface area contributed by atoms with Gasteiger partial charge in [-0.3, -0.25) is 0 Å². The second kappa shape index (κ2) is 5.18. The molecular formula is C17H19. The largest absolute Gasteiger partial charge is 0.0620 e. The van der Waals surface area contributed by atoms with Gasteiger partial charge in [-0.05, 0) is 40.7 Å². The van der Waals surface area contributed by atoms with Crippen molar-refractivity contribution in [3.63, 3.8) is 0 Å². The highest BCUT2D eigenvalue weighted by Crippen LogP contribution is 2.26. The summed E-state index contributed by atoms with van der Waals surface area (Å²) < 4.78 is 0. The summed E-state index contributed by atoms with van der Waals surface area (Å²) in [4.78, 5) is 0. The van der Waals surface area contributed by atoms with Crippen molar-refractivity contribution in [1.82, 2.24) is 0 Å². The molecule has 2 aromatic carbocycles. The van der Waals surface area contributed by atoms with Crippen molar-refractivity contribution in [2.24, 2.45) is 0 Å². The van der Waals surface area contributed by atoms with Gasteiger partial charge in [-0.15, -0.1) is 0 Å². The van der Waals surface area contributed by atoms with Gasteiger partial charge in [0.1, 0.15) is 0 Å². The van der Waals surface area contributed by atoms with Crippen LogP contribution in [0.4, 0.5) is 0 Å². The second-order valence-electron chi connectivity index (χ2n) is 4.70. The van der Waals surface area contributed by atoms with Crippen molar-refractivity contribution < 1.29 is 0 Å². The number of benzene rings is 2. The van der Waals surface area contributed by atoms with Gasteiger partial charge < -0.3 is 0 Å². The summed E-state index contributed by atoms with van der Waals surface area (Å²) in [5.74, 6) is 0.531. The molecule has 0 saturated heterocycles. The van der Waals surface area contributed by atoms with Crippen LogP contribution in [0.2, 0.25) is 0 Å². The van der Waals surface area contributed by atoms with Crippen LogP contribution in [0.3, 0.4) is 0 Å². The molecule has 0 aliphatic heterocycles. The number of rotatable bonds is 3. The van der Waals surface area contributed by atoms with E-state index in [1.807, 2.05) is 6.07 Å². The third-order valence-electron chi connectivity index (χ3n) is 3.16. The van der Waals surface area contributed by atoms with Crippen LogP contribution in [0.15, 0.2) is 42.5 Å². The molecule has 0 fully saturated rings. The van der Waals surface area contributed by atoms with E-state index in [1.54, 1.807) is 0 Å². The summed E-state index contributed by atoms with van der Waals surface area (Å²) in [6.07, 6.45) is 1.08. The first-order chi connectivity index (χ1) is 8.22. The molecule has 87 valence electrons. The molecule has 1 radical (unpaired) electrons. The molecule has 0 aliphatic rings. The van der Waals surface area contributed by atoms with Gasteiger partial charge in [-0.1, -0.05) is 63.2 Å². The average molecular weight is 223 g/mol. The quantitative estimate of drug-likeness (QED) is 0.698. The van der Waals surface area contributed by atoms with Gasteiger partial charge in [-0.2, -0.15) is 0 Å². The Hall–Kier alpha value is -1.56. The summed E-state index contributed by atoms with van der Waals surface area (Å²) in [5.41, 5.74) is 5.36. The predicted molar refractivity (Wildman–Crippen MR) is 74.2 cm³/mol. The van der Waals surface area contributed by atoms with E-state index in [0.29, 0.717) is 5.92 Å². The van der Waals surface area contributed by atoms with Crippen molar-refractivity contribution >= 4 is 0 Å². The highest BCUT2D eigenvalue weighted by molar-refractivity contribution is 5.68. The number of hydrogen-bond acceptors (Lipinski definition) is 0. The molecule has 0 bridgehead atoms. The lowest BCUT2D eigenvalue weighted by molar-refractivity contribution is 0.865. The first-order valence-corrected chi connectivity index (χ1v) is 6.32. The molecule has 0 nitrogen and oxygen atoms in total. The van der Waals surface area contributed by atoms with Crippen LogP contribution >= 0.6 is 0 Å². The molecule has 2 rings (SSSR count). The lowest BCUT2D eigenvalue weighted by Gasteiger charge is -2.11. The minimum absolute atomic E-state index is 0.531. The standard InChI is InChI=1S/C17H19/c1-4-14-8-5-6-11-17(14)16-10-7-9-15(12-16)13(2)3/h5-8,10-13H,4H2,1-3H3. The molecule has 0 aliphatic carbocycles. The third-order valence-corrected chi connectivity index (χ3v) is 3.16. The van der Waals surface area contributed by atoms with Crippen molar-refractivity contribution in [2.45, 2.75) is 33.1 Å². The summed E-state index contributed by atoms with van der Waals surface area (Å²) in [6, 6.07) is 18.4. The molecule has 0 saturated carbocycles. The Bertz CT molecular complexity index is 495. The average Bonchev–Trinajstić information content (AvgIpc) is 2.39. The fourth-order valence-corrected chi connectivity index (χ4v) is 2.10. The van der Waals surface area contributed by atoms with E-state index in [9.17, 15) is 0 Å². The molecular weight excluding hydrogens is 204 g/mol. The van der Waals surface area contributed by atoms with Crippen molar-refractivity contribution in [3.05, 3.63) is 59.7 Å². The lowest BCUT2D eigenvalue weighted by Crippen LogP contribution is -1.91. The molecule has 0 heteroatoms. The maximum absolute atomic E-state index is 3.32. The number of hydrogen-bond donors (Lipinski definition) is 0. The van der Waals surface area contributed by atoms with Crippen LogP contribution in [0.25, 0.3) is 11.1 Å². The fraction of sp³-hybridized carbons (Fsp3) is 0.294. The van der Waals surface area contributed by atoms with E-state index in [1.165, 1.54) is 22.3 Å². The Morgan fingerprint density at radius 2 is 1.88 bits per heavy atom. The molecule has 2 aromatic rings. The Balaban J connectivity index is 2.49. The van der Waals surface area contributed by atoms with Crippen LogP contribution in [0, 0.1) is 6.07 Å². The van der Waals surface area contributed by atoms with Crippen molar-refractivity contribution in [1.29, 1.82) is 0 Å².